The van der Waals surface area contributed by atoms with Gasteiger partial charge >= 0.3 is 5.97 Å². The molecule has 3 rings (SSSR count). The predicted molar refractivity (Wildman–Crippen MR) is 118 cm³/mol. The van der Waals surface area contributed by atoms with Crippen molar-refractivity contribution in [2.75, 3.05) is 19.8 Å². The Hall–Kier alpha value is -1.93. The maximum Gasteiger partial charge on any atom is 0.312 e. The molecule has 3 aliphatic heterocycles. The number of hydrogen-bond acceptors (Lipinski definition) is 6. The molecule has 1 N–H and O–H groups in total. The number of likely N-dealkylation sites (tertiary alicyclic amines) is 1. The van der Waals surface area contributed by atoms with E-state index in [0.717, 1.165) is 0 Å². The van der Waals surface area contributed by atoms with Crippen LogP contribution in [0.15, 0.2) is 12.7 Å². The van der Waals surface area contributed by atoms with E-state index in [1.807, 2.05) is 34.6 Å². The van der Waals surface area contributed by atoms with E-state index in [1.165, 1.54) is 4.90 Å². The number of hydrogen-bond donors (Lipinski definition) is 1. The topological polar surface area (TPSA) is 96.4 Å². The molecule has 3 unspecified atom stereocenters. The zero-order valence-electron chi connectivity index (χ0n) is 20.4. The average Bonchev–Trinajstić information content (AvgIpc) is 3.21. The fourth-order valence-corrected chi connectivity index (χ4v) is 6.08. The Kier molecular flexibility index (Phi) is 6.28. The molecule has 3 aliphatic rings. The molecule has 7 atom stereocenters. The third kappa shape index (κ3) is 3.29. The third-order valence-electron chi connectivity index (χ3n) is 7.65. The van der Waals surface area contributed by atoms with Crippen LogP contribution in [-0.4, -0.2) is 81.3 Å². The number of carbonyl (C=O) groups excluding carboxylic acids is 3. The van der Waals surface area contributed by atoms with Crippen molar-refractivity contribution in [2.24, 2.45) is 17.8 Å². The largest absolute Gasteiger partial charge is 0.466 e. The third-order valence-corrected chi connectivity index (χ3v) is 7.65. The Morgan fingerprint density at radius 3 is 2.56 bits per heavy atom. The van der Waals surface area contributed by atoms with Crippen molar-refractivity contribution in [3.63, 3.8) is 0 Å². The molecule has 0 saturated carbocycles. The van der Waals surface area contributed by atoms with Crippen LogP contribution in [0, 0.1) is 17.8 Å². The van der Waals surface area contributed by atoms with Crippen molar-refractivity contribution in [3.8, 4) is 0 Å². The van der Waals surface area contributed by atoms with Crippen LogP contribution < -0.4 is 0 Å². The molecule has 0 aromatic heterocycles. The van der Waals surface area contributed by atoms with Crippen LogP contribution in [0.3, 0.4) is 0 Å². The van der Waals surface area contributed by atoms with Gasteiger partial charge in [-0.3, -0.25) is 14.4 Å². The summed E-state index contributed by atoms with van der Waals surface area (Å²) in [5, 5.41) is 9.94. The van der Waals surface area contributed by atoms with E-state index in [-0.39, 0.29) is 30.9 Å². The first kappa shape index (κ1) is 24.7. The van der Waals surface area contributed by atoms with Crippen molar-refractivity contribution < 1.29 is 29.0 Å². The van der Waals surface area contributed by atoms with Gasteiger partial charge in [0.1, 0.15) is 17.6 Å². The zero-order chi connectivity index (χ0) is 24.2. The molecular weight excluding hydrogens is 412 g/mol. The number of nitrogens with zero attached hydrogens (tertiary/aromatic N) is 2. The fraction of sp³-hybridized carbons (Fsp3) is 0.792. The van der Waals surface area contributed by atoms with Gasteiger partial charge in [0.2, 0.25) is 11.8 Å². The first-order valence-electron chi connectivity index (χ1n) is 11.5. The van der Waals surface area contributed by atoms with Gasteiger partial charge in [-0.05, 0) is 53.9 Å². The SMILES string of the molecule is C=CCN(C(=O)C1N([C@H](C)CO)C(=O)[C@@H]2[C@@H](C(=O)OCC)[C@]3(C)OC12CC3C)C(C)(C)C. The number of aliphatic hydroxyl groups is 1. The van der Waals surface area contributed by atoms with Gasteiger partial charge < -0.3 is 24.4 Å². The van der Waals surface area contributed by atoms with Crippen LogP contribution in [-0.2, 0) is 23.9 Å². The number of carbonyl (C=O) groups is 3. The van der Waals surface area contributed by atoms with Gasteiger partial charge in [-0.25, -0.2) is 0 Å². The molecule has 180 valence electrons. The summed E-state index contributed by atoms with van der Waals surface area (Å²) in [6.07, 6.45) is 2.14. The minimum absolute atomic E-state index is 0.0527. The Bertz CT molecular complexity index is 807. The minimum atomic E-state index is -1.14. The van der Waals surface area contributed by atoms with Crippen molar-refractivity contribution in [3.05, 3.63) is 12.7 Å². The van der Waals surface area contributed by atoms with Crippen molar-refractivity contribution in [1.29, 1.82) is 0 Å². The summed E-state index contributed by atoms with van der Waals surface area (Å²) < 4.78 is 12.0. The highest BCUT2D eigenvalue weighted by atomic mass is 16.6. The lowest BCUT2D eigenvalue weighted by Crippen LogP contribution is -2.61. The molecule has 8 nitrogen and oxygen atoms in total. The van der Waals surface area contributed by atoms with Gasteiger partial charge in [0.05, 0.1) is 30.8 Å². The number of amides is 2. The summed E-state index contributed by atoms with van der Waals surface area (Å²) in [5.74, 6) is -2.72. The molecule has 3 saturated heterocycles. The number of ether oxygens (including phenoxy) is 2. The fourth-order valence-electron chi connectivity index (χ4n) is 6.08. The normalized spacial score (nSPS) is 36.8. The van der Waals surface area contributed by atoms with Gasteiger partial charge in [0.25, 0.3) is 0 Å². The van der Waals surface area contributed by atoms with Crippen LogP contribution in [0.2, 0.25) is 0 Å². The summed E-state index contributed by atoms with van der Waals surface area (Å²) in [6.45, 7) is 17.1. The molecule has 3 fully saturated rings. The molecule has 1 spiro atoms. The van der Waals surface area contributed by atoms with E-state index in [0.29, 0.717) is 13.0 Å². The van der Waals surface area contributed by atoms with E-state index in [1.54, 1.807) is 24.8 Å². The van der Waals surface area contributed by atoms with Crippen molar-refractivity contribution in [1.82, 2.24) is 9.80 Å². The lowest BCUT2D eigenvalue weighted by molar-refractivity contribution is -0.164. The second-order valence-electron chi connectivity index (χ2n) is 10.6. The molecule has 0 aliphatic carbocycles. The number of esters is 1. The standard InChI is InChI=1S/C24H38N2O6/c1-9-11-25(22(5,6)7)20(29)18-24-12-14(3)23(8,32-24)17(21(30)31-10-2)16(24)19(28)26(18)15(4)13-27/h9,14-18,27H,1,10-13H2,2-8H3/t14?,15-,16+,17+,18?,23-,24?/m1/s1. The highest BCUT2D eigenvalue weighted by Gasteiger charge is 2.80. The number of rotatable bonds is 7. The van der Waals surface area contributed by atoms with Crippen LogP contribution in [0.5, 0.6) is 0 Å². The molecule has 0 aromatic rings. The van der Waals surface area contributed by atoms with E-state index in [9.17, 15) is 19.5 Å². The first-order valence-corrected chi connectivity index (χ1v) is 11.5. The van der Waals surface area contributed by atoms with Crippen LogP contribution in [0.4, 0.5) is 0 Å². The maximum atomic E-state index is 14.1. The lowest BCUT2D eigenvalue weighted by Gasteiger charge is -2.43. The average molecular weight is 451 g/mol. The Morgan fingerprint density at radius 1 is 1.44 bits per heavy atom. The summed E-state index contributed by atoms with van der Waals surface area (Å²) in [7, 11) is 0. The summed E-state index contributed by atoms with van der Waals surface area (Å²) in [6, 6.07) is -1.54. The lowest BCUT2D eigenvalue weighted by atomic mass is 9.62. The predicted octanol–water partition coefficient (Wildman–Crippen LogP) is 1.75. The minimum Gasteiger partial charge on any atom is -0.466 e. The number of fused-ring (bicyclic) bond motifs is 1. The molecule has 2 amide bonds. The summed E-state index contributed by atoms with van der Waals surface area (Å²) >= 11 is 0. The van der Waals surface area contributed by atoms with Crippen LogP contribution in [0.25, 0.3) is 0 Å². The highest BCUT2D eigenvalue weighted by molar-refractivity contribution is 5.99. The molecule has 3 heterocycles. The zero-order valence-corrected chi connectivity index (χ0v) is 20.4. The van der Waals surface area contributed by atoms with Crippen LogP contribution >= 0.6 is 0 Å². The first-order chi connectivity index (χ1) is 14.8. The Labute approximate surface area is 190 Å². The van der Waals surface area contributed by atoms with Gasteiger partial charge in [0.15, 0.2) is 0 Å². The van der Waals surface area contributed by atoms with Gasteiger partial charge in [-0.1, -0.05) is 13.0 Å². The van der Waals surface area contributed by atoms with Crippen molar-refractivity contribution in [2.45, 2.75) is 83.7 Å². The summed E-state index contributed by atoms with van der Waals surface area (Å²) in [4.78, 5) is 44.1. The highest BCUT2D eigenvalue weighted by Crippen LogP contribution is 2.65. The maximum absolute atomic E-state index is 14.1. The van der Waals surface area contributed by atoms with Gasteiger partial charge in [-0.15, -0.1) is 6.58 Å². The quantitative estimate of drug-likeness (QED) is 0.469. The smallest absolute Gasteiger partial charge is 0.312 e. The monoisotopic (exact) mass is 450 g/mol. The molecule has 2 bridgehead atoms. The van der Waals surface area contributed by atoms with E-state index < -0.39 is 46.6 Å². The summed E-state index contributed by atoms with van der Waals surface area (Å²) in [5.41, 5.74) is -2.57. The number of aliphatic hydroxyl groups excluding tert-OH is 1. The van der Waals surface area contributed by atoms with E-state index >= 15 is 0 Å². The second kappa shape index (κ2) is 8.13. The van der Waals surface area contributed by atoms with Crippen LogP contribution in [0.1, 0.15) is 54.9 Å². The molecule has 8 heteroatoms. The van der Waals surface area contributed by atoms with Crippen molar-refractivity contribution >= 4 is 17.8 Å². The second-order valence-corrected chi connectivity index (χ2v) is 10.6. The van der Waals surface area contributed by atoms with Gasteiger partial charge in [0, 0.05) is 12.1 Å². The van der Waals surface area contributed by atoms with E-state index in [2.05, 4.69) is 6.58 Å². The van der Waals surface area contributed by atoms with E-state index in [4.69, 9.17) is 9.47 Å². The Balaban J connectivity index is 2.18. The molecular formula is C24H38N2O6. The Morgan fingerprint density at radius 2 is 2.06 bits per heavy atom. The molecule has 0 radical (unpaired) electrons. The molecule has 32 heavy (non-hydrogen) atoms. The molecule has 0 aromatic carbocycles. The van der Waals surface area contributed by atoms with Gasteiger partial charge in [-0.2, -0.15) is 0 Å².